The number of fused-ring (bicyclic) bond motifs is 3. The van der Waals surface area contributed by atoms with E-state index in [-0.39, 0.29) is 5.75 Å². The van der Waals surface area contributed by atoms with Crippen molar-refractivity contribution < 1.29 is 9.84 Å². The molecular weight excluding hydrogens is 274 g/mol. The van der Waals surface area contributed by atoms with E-state index in [9.17, 15) is 5.11 Å². The van der Waals surface area contributed by atoms with Crippen molar-refractivity contribution >= 4 is 21.8 Å². The quantitative estimate of drug-likeness (QED) is 0.578. The highest BCUT2D eigenvalue weighted by molar-refractivity contribution is 6.11. The van der Waals surface area contributed by atoms with Gasteiger partial charge in [-0.15, -0.1) is 0 Å². The van der Waals surface area contributed by atoms with Crippen molar-refractivity contribution in [2.75, 3.05) is 0 Å². The summed E-state index contributed by atoms with van der Waals surface area (Å²) in [6.45, 7) is 0.433. The van der Waals surface area contributed by atoms with Crippen LogP contribution in [-0.2, 0) is 6.61 Å². The molecule has 0 atom stereocenters. The first-order valence-corrected chi connectivity index (χ1v) is 7.22. The number of aromatic nitrogens is 1. The largest absolute Gasteiger partial charge is 0.504 e. The highest BCUT2D eigenvalue weighted by Gasteiger charge is 2.12. The third kappa shape index (κ3) is 2.07. The van der Waals surface area contributed by atoms with E-state index in [1.54, 1.807) is 6.07 Å². The first-order chi connectivity index (χ1) is 10.8. The fraction of sp³-hybridized carbons (Fsp3) is 0.0526. The van der Waals surface area contributed by atoms with Gasteiger partial charge in [-0.25, -0.2) is 0 Å². The number of hydrogen-bond acceptors (Lipinski definition) is 2. The first kappa shape index (κ1) is 12.8. The average Bonchev–Trinajstić information content (AvgIpc) is 2.94. The number of para-hydroxylation sites is 1. The van der Waals surface area contributed by atoms with Crippen molar-refractivity contribution in [1.29, 1.82) is 0 Å². The number of benzene rings is 3. The normalized spacial score (nSPS) is 11.1. The Hall–Kier alpha value is -2.94. The van der Waals surface area contributed by atoms with Gasteiger partial charge in [0, 0.05) is 10.9 Å². The van der Waals surface area contributed by atoms with Gasteiger partial charge in [0.15, 0.2) is 11.5 Å². The molecule has 0 amide bonds. The van der Waals surface area contributed by atoms with E-state index in [2.05, 4.69) is 4.98 Å². The highest BCUT2D eigenvalue weighted by Crippen LogP contribution is 2.39. The molecule has 0 saturated heterocycles. The van der Waals surface area contributed by atoms with Crippen LogP contribution >= 0.6 is 0 Å². The van der Waals surface area contributed by atoms with Crippen LogP contribution in [0.15, 0.2) is 66.7 Å². The zero-order valence-corrected chi connectivity index (χ0v) is 11.9. The molecular formula is C19H15NO2. The third-order valence-electron chi connectivity index (χ3n) is 3.84. The summed E-state index contributed by atoms with van der Waals surface area (Å²) in [6, 6.07) is 21.6. The Morgan fingerprint density at radius 3 is 2.45 bits per heavy atom. The molecule has 0 bridgehead atoms. The number of phenolic OH excluding ortho intramolecular Hbond substituents is 1. The number of H-pyrrole nitrogens is 1. The summed E-state index contributed by atoms with van der Waals surface area (Å²) in [5.41, 5.74) is 2.99. The van der Waals surface area contributed by atoms with Crippen molar-refractivity contribution in [3.05, 3.63) is 72.3 Å². The molecule has 2 N–H and O–H groups in total. The summed E-state index contributed by atoms with van der Waals surface area (Å²) in [6.07, 6.45) is 0. The number of phenols is 1. The van der Waals surface area contributed by atoms with Crippen LogP contribution in [0.3, 0.4) is 0 Å². The Balaban J connectivity index is 1.75. The molecule has 3 aromatic carbocycles. The maximum atomic E-state index is 10.6. The van der Waals surface area contributed by atoms with Crippen molar-refractivity contribution in [1.82, 2.24) is 4.98 Å². The zero-order valence-electron chi connectivity index (χ0n) is 11.9. The SMILES string of the molecule is Oc1c(OCc2ccccc2)ccc2[nH]c3ccccc3c12. The average molecular weight is 289 g/mol. The maximum Gasteiger partial charge on any atom is 0.167 e. The molecule has 3 heteroatoms. The summed E-state index contributed by atoms with van der Waals surface area (Å²) in [7, 11) is 0. The van der Waals surface area contributed by atoms with Gasteiger partial charge in [0.05, 0.1) is 10.9 Å². The van der Waals surface area contributed by atoms with Crippen LogP contribution in [0.5, 0.6) is 11.5 Å². The lowest BCUT2D eigenvalue weighted by atomic mass is 10.1. The van der Waals surface area contributed by atoms with Gasteiger partial charge in [-0.3, -0.25) is 0 Å². The van der Waals surface area contributed by atoms with E-state index in [1.807, 2.05) is 60.7 Å². The second kappa shape index (κ2) is 5.11. The van der Waals surface area contributed by atoms with Gasteiger partial charge in [-0.1, -0.05) is 48.5 Å². The number of hydrogen-bond donors (Lipinski definition) is 2. The molecule has 0 aliphatic rings. The van der Waals surface area contributed by atoms with Gasteiger partial charge in [0.25, 0.3) is 0 Å². The van der Waals surface area contributed by atoms with Gasteiger partial charge >= 0.3 is 0 Å². The monoisotopic (exact) mass is 289 g/mol. The summed E-state index contributed by atoms with van der Waals surface area (Å²) < 4.78 is 5.79. The second-order valence-electron chi connectivity index (χ2n) is 5.28. The van der Waals surface area contributed by atoms with Crippen LogP contribution in [0, 0.1) is 0 Å². The number of aromatic amines is 1. The van der Waals surface area contributed by atoms with Crippen LogP contribution in [0.1, 0.15) is 5.56 Å². The molecule has 0 aliphatic heterocycles. The van der Waals surface area contributed by atoms with Crippen LogP contribution in [-0.4, -0.2) is 10.1 Å². The Morgan fingerprint density at radius 1 is 0.818 bits per heavy atom. The summed E-state index contributed by atoms with van der Waals surface area (Å²) in [5, 5.41) is 12.4. The van der Waals surface area contributed by atoms with E-state index in [4.69, 9.17) is 4.74 Å². The minimum atomic E-state index is 0.186. The Bertz CT molecular complexity index is 942. The fourth-order valence-electron chi connectivity index (χ4n) is 2.76. The van der Waals surface area contributed by atoms with E-state index in [1.165, 1.54) is 0 Å². The minimum Gasteiger partial charge on any atom is -0.504 e. The van der Waals surface area contributed by atoms with Gasteiger partial charge < -0.3 is 14.8 Å². The molecule has 4 aromatic rings. The Kier molecular flexibility index (Phi) is 2.97. The maximum absolute atomic E-state index is 10.6. The molecule has 1 heterocycles. The summed E-state index contributed by atoms with van der Waals surface area (Å²) >= 11 is 0. The standard InChI is InChI=1S/C19H15NO2/c21-19-17(22-12-13-6-2-1-3-7-13)11-10-16-18(19)14-8-4-5-9-15(14)20-16/h1-11,20-21H,12H2. The second-order valence-corrected chi connectivity index (χ2v) is 5.28. The predicted molar refractivity (Wildman–Crippen MR) is 88.2 cm³/mol. The first-order valence-electron chi connectivity index (χ1n) is 7.22. The van der Waals surface area contributed by atoms with Crippen molar-refractivity contribution in [2.24, 2.45) is 0 Å². The minimum absolute atomic E-state index is 0.186. The van der Waals surface area contributed by atoms with Gasteiger partial charge in [-0.2, -0.15) is 0 Å². The van der Waals surface area contributed by atoms with Gasteiger partial charge in [0.1, 0.15) is 6.61 Å². The Labute approximate surface area is 127 Å². The lowest BCUT2D eigenvalue weighted by Gasteiger charge is -2.09. The number of nitrogens with one attached hydrogen (secondary N) is 1. The molecule has 22 heavy (non-hydrogen) atoms. The van der Waals surface area contributed by atoms with Crippen LogP contribution < -0.4 is 4.74 Å². The molecule has 108 valence electrons. The van der Waals surface area contributed by atoms with Crippen LogP contribution in [0.2, 0.25) is 0 Å². The molecule has 4 rings (SSSR count). The molecule has 3 nitrogen and oxygen atoms in total. The van der Waals surface area contributed by atoms with Crippen LogP contribution in [0.25, 0.3) is 21.8 Å². The van der Waals surface area contributed by atoms with E-state index in [0.717, 1.165) is 27.4 Å². The molecule has 0 saturated carbocycles. The summed E-state index contributed by atoms with van der Waals surface area (Å²) in [5.74, 6) is 0.687. The van der Waals surface area contributed by atoms with Crippen LogP contribution in [0.4, 0.5) is 0 Å². The number of aromatic hydroxyl groups is 1. The van der Waals surface area contributed by atoms with Gasteiger partial charge in [-0.05, 0) is 23.8 Å². The molecule has 0 aliphatic carbocycles. The third-order valence-corrected chi connectivity index (χ3v) is 3.84. The molecule has 0 unspecified atom stereocenters. The molecule has 0 fully saturated rings. The van der Waals surface area contributed by atoms with E-state index in [0.29, 0.717) is 12.4 Å². The molecule has 0 radical (unpaired) electrons. The highest BCUT2D eigenvalue weighted by atomic mass is 16.5. The zero-order chi connectivity index (χ0) is 14.9. The lowest BCUT2D eigenvalue weighted by molar-refractivity contribution is 0.290. The van der Waals surface area contributed by atoms with Gasteiger partial charge in [0.2, 0.25) is 0 Å². The number of rotatable bonds is 3. The molecule has 1 aromatic heterocycles. The predicted octanol–water partition coefficient (Wildman–Crippen LogP) is 4.61. The smallest absolute Gasteiger partial charge is 0.167 e. The Morgan fingerprint density at radius 2 is 1.59 bits per heavy atom. The van der Waals surface area contributed by atoms with E-state index >= 15 is 0 Å². The topological polar surface area (TPSA) is 45.2 Å². The van der Waals surface area contributed by atoms with E-state index < -0.39 is 0 Å². The van der Waals surface area contributed by atoms with Crippen molar-refractivity contribution in [2.45, 2.75) is 6.61 Å². The van der Waals surface area contributed by atoms with Crippen molar-refractivity contribution in [3.8, 4) is 11.5 Å². The fourth-order valence-corrected chi connectivity index (χ4v) is 2.76. The molecule has 0 spiro atoms. The van der Waals surface area contributed by atoms with Crippen molar-refractivity contribution in [3.63, 3.8) is 0 Å². The number of ether oxygens (including phenoxy) is 1. The lowest BCUT2D eigenvalue weighted by Crippen LogP contribution is -1.95. The summed E-state index contributed by atoms with van der Waals surface area (Å²) in [4.78, 5) is 3.30.